The average molecular weight is 376 g/mol. The minimum atomic E-state index is -1.17. The van der Waals surface area contributed by atoms with Gasteiger partial charge in [0.1, 0.15) is 0 Å². The summed E-state index contributed by atoms with van der Waals surface area (Å²) in [5, 5.41) is 9.90. The van der Waals surface area contributed by atoms with Gasteiger partial charge in [-0.05, 0) is 44.0 Å². The first-order valence-electron chi connectivity index (χ1n) is 10.1. The van der Waals surface area contributed by atoms with Crippen LogP contribution in [-0.2, 0) is 4.79 Å². The zero-order chi connectivity index (χ0) is 19.3. The summed E-state index contributed by atoms with van der Waals surface area (Å²) in [5.41, 5.74) is -1.17. The maximum atomic E-state index is 12.1. The molecule has 0 aromatic heterocycles. The number of aliphatic carboxylic acids is 1. The van der Waals surface area contributed by atoms with Crippen LogP contribution in [0.1, 0.15) is 32.6 Å². The lowest BCUT2D eigenvalue weighted by Gasteiger charge is -2.41. The van der Waals surface area contributed by atoms with Crippen molar-refractivity contribution in [3.63, 3.8) is 0 Å². The fourth-order valence-electron chi connectivity index (χ4n) is 4.32. The van der Waals surface area contributed by atoms with Crippen LogP contribution in [0.25, 0.3) is 0 Å². The van der Waals surface area contributed by atoms with Crippen molar-refractivity contribution in [1.82, 2.24) is 9.80 Å². The van der Waals surface area contributed by atoms with E-state index in [-0.39, 0.29) is 0 Å². The molecule has 2 aliphatic rings. The highest BCUT2D eigenvalue weighted by atomic mass is 16.5. The second-order valence-corrected chi connectivity index (χ2v) is 7.75. The lowest BCUT2D eigenvalue weighted by Crippen LogP contribution is -2.54. The number of carboxylic acid groups (broad SMARTS) is 1. The first kappa shape index (κ1) is 20.0. The highest BCUT2D eigenvalue weighted by Gasteiger charge is 2.44. The van der Waals surface area contributed by atoms with Gasteiger partial charge in [-0.1, -0.05) is 19.1 Å². The molecular formula is C21H32N2O4. The number of hydrogen-bond acceptors (Lipinski definition) is 5. The molecule has 0 radical (unpaired) electrons. The number of rotatable bonds is 7. The smallest absolute Gasteiger partial charge is 0.348 e. The molecule has 150 valence electrons. The van der Waals surface area contributed by atoms with Crippen LogP contribution in [0.5, 0.6) is 11.5 Å². The number of benzene rings is 1. The number of para-hydroxylation sites is 2. The van der Waals surface area contributed by atoms with Gasteiger partial charge in [0.15, 0.2) is 11.5 Å². The Labute approximate surface area is 162 Å². The number of nitrogens with zero attached hydrogens (tertiary/aromatic N) is 2. The van der Waals surface area contributed by atoms with Crippen molar-refractivity contribution >= 4 is 5.97 Å². The molecule has 1 atom stereocenters. The lowest BCUT2D eigenvalue weighted by atomic mass is 9.89. The molecule has 27 heavy (non-hydrogen) atoms. The molecule has 3 rings (SSSR count). The van der Waals surface area contributed by atoms with E-state index in [0.29, 0.717) is 30.3 Å². The van der Waals surface area contributed by atoms with E-state index in [0.717, 1.165) is 32.7 Å². The monoisotopic (exact) mass is 376 g/mol. The van der Waals surface area contributed by atoms with E-state index in [1.807, 2.05) is 12.1 Å². The molecule has 1 N–H and O–H groups in total. The van der Waals surface area contributed by atoms with Crippen LogP contribution in [0.3, 0.4) is 0 Å². The Bertz CT molecular complexity index is 628. The van der Waals surface area contributed by atoms with Crippen molar-refractivity contribution in [2.24, 2.45) is 5.92 Å². The van der Waals surface area contributed by atoms with Crippen LogP contribution in [0, 0.1) is 5.92 Å². The Morgan fingerprint density at radius 1 is 1.19 bits per heavy atom. The van der Waals surface area contributed by atoms with Crippen molar-refractivity contribution < 1.29 is 19.4 Å². The minimum absolute atomic E-state index is 0.491. The molecule has 0 spiro atoms. The predicted octanol–water partition coefficient (Wildman–Crippen LogP) is 2.73. The van der Waals surface area contributed by atoms with E-state index in [1.165, 1.54) is 19.4 Å². The maximum Gasteiger partial charge on any atom is 0.348 e. The molecule has 1 aromatic rings. The van der Waals surface area contributed by atoms with Gasteiger partial charge in [-0.3, -0.25) is 0 Å². The van der Waals surface area contributed by atoms with Gasteiger partial charge in [-0.15, -0.1) is 0 Å². The topological polar surface area (TPSA) is 62.2 Å². The summed E-state index contributed by atoms with van der Waals surface area (Å²) in [5.74, 6) is 0.873. The van der Waals surface area contributed by atoms with E-state index in [4.69, 9.17) is 9.47 Å². The molecule has 0 saturated carbocycles. The highest BCUT2D eigenvalue weighted by molar-refractivity contribution is 5.78. The molecule has 1 unspecified atom stereocenters. The van der Waals surface area contributed by atoms with Gasteiger partial charge < -0.3 is 24.4 Å². The molecule has 2 saturated heterocycles. The summed E-state index contributed by atoms with van der Waals surface area (Å²) < 4.78 is 11.4. The van der Waals surface area contributed by atoms with Crippen molar-refractivity contribution in [2.75, 3.05) is 46.4 Å². The van der Waals surface area contributed by atoms with Crippen LogP contribution in [0.15, 0.2) is 24.3 Å². The van der Waals surface area contributed by atoms with E-state index in [1.54, 1.807) is 19.2 Å². The SMILES string of the molecule is CCN1CCCC(CN2CCC(Oc3ccccc3OC)(C(=O)O)CC2)C1. The standard InChI is InChI=1S/C21H32N2O4/c1-3-22-12-6-7-17(15-22)16-23-13-10-21(11-14-23,20(24)25)27-19-9-5-4-8-18(19)26-2/h4-5,8-9,17H,3,6-7,10-16H2,1-2H3,(H,24,25). The fraction of sp³-hybridized carbons (Fsp3) is 0.667. The third-order valence-corrected chi connectivity index (χ3v) is 5.99. The van der Waals surface area contributed by atoms with Gasteiger partial charge in [0.05, 0.1) is 7.11 Å². The van der Waals surface area contributed by atoms with Crippen LogP contribution in [0.4, 0.5) is 0 Å². The minimum Gasteiger partial charge on any atom is -0.493 e. The van der Waals surface area contributed by atoms with Crippen LogP contribution in [-0.4, -0.2) is 72.9 Å². The van der Waals surface area contributed by atoms with Crippen LogP contribution in [0.2, 0.25) is 0 Å². The summed E-state index contributed by atoms with van der Waals surface area (Å²) >= 11 is 0. The molecule has 0 amide bonds. The molecular weight excluding hydrogens is 344 g/mol. The van der Waals surface area contributed by atoms with Gasteiger partial charge in [0.25, 0.3) is 0 Å². The summed E-state index contributed by atoms with van der Waals surface area (Å²) in [7, 11) is 1.57. The van der Waals surface area contributed by atoms with Crippen molar-refractivity contribution in [3.8, 4) is 11.5 Å². The van der Waals surface area contributed by atoms with Gasteiger partial charge in [-0.25, -0.2) is 4.79 Å². The molecule has 2 aliphatic heterocycles. The Balaban J connectivity index is 1.61. The summed E-state index contributed by atoms with van der Waals surface area (Å²) in [6.45, 7) is 8.27. The largest absolute Gasteiger partial charge is 0.493 e. The number of hydrogen-bond donors (Lipinski definition) is 1. The number of ether oxygens (including phenoxy) is 2. The first-order valence-corrected chi connectivity index (χ1v) is 10.1. The molecule has 1 aromatic carbocycles. The Hall–Kier alpha value is -1.79. The zero-order valence-electron chi connectivity index (χ0n) is 16.5. The quantitative estimate of drug-likeness (QED) is 0.790. The van der Waals surface area contributed by atoms with E-state index >= 15 is 0 Å². The highest BCUT2D eigenvalue weighted by Crippen LogP contribution is 2.35. The first-order chi connectivity index (χ1) is 13.1. The summed E-state index contributed by atoms with van der Waals surface area (Å²) in [4.78, 5) is 17.0. The molecule has 6 nitrogen and oxygen atoms in total. The second kappa shape index (κ2) is 8.93. The predicted molar refractivity (Wildman–Crippen MR) is 105 cm³/mol. The molecule has 0 aliphatic carbocycles. The van der Waals surface area contributed by atoms with E-state index in [2.05, 4.69) is 16.7 Å². The summed E-state index contributed by atoms with van der Waals surface area (Å²) in [6, 6.07) is 7.26. The molecule has 2 heterocycles. The number of carboxylic acids is 1. The number of likely N-dealkylation sites (tertiary alicyclic amines) is 2. The molecule has 0 bridgehead atoms. The third-order valence-electron chi connectivity index (χ3n) is 5.99. The van der Waals surface area contributed by atoms with Gasteiger partial charge in [0.2, 0.25) is 5.60 Å². The maximum absolute atomic E-state index is 12.1. The van der Waals surface area contributed by atoms with Gasteiger partial charge in [-0.2, -0.15) is 0 Å². The second-order valence-electron chi connectivity index (χ2n) is 7.75. The van der Waals surface area contributed by atoms with Crippen LogP contribution < -0.4 is 9.47 Å². The number of carbonyl (C=O) groups is 1. The Kier molecular flexibility index (Phi) is 6.60. The van der Waals surface area contributed by atoms with E-state index < -0.39 is 11.6 Å². The zero-order valence-corrected chi connectivity index (χ0v) is 16.5. The number of piperidine rings is 2. The fourth-order valence-corrected chi connectivity index (χ4v) is 4.32. The van der Waals surface area contributed by atoms with Gasteiger partial charge in [0, 0.05) is 39.0 Å². The lowest BCUT2D eigenvalue weighted by molar-refractivity contribution is -0.160. The molecule has 6 heteroatoms. The van der Waals surface area contributed by atoms with Crippen molar-refractivity contribution in [1.29, 1.82) is 0 Å². The van der Waals surface area contributed by atoms with Crippen molar-refractivity contribution in [2.45, 2.75) is 38.2 Å². The van der Waals surface area contributed by atoms with E-state index in [9.17, 15) is 9.90 Å². The van der Waals surface area contributed by atoms with Crippen LogP contribution >= 0.6 is 0 Å². The number of methoxy groups -OCH3 is 1. The van der Waals surface area contributed by atoms with Gasteiger partial charge >= 0.3 is 5.97 Å². The van der Waals surface area contributed by atoms with Crippen molar-refractivity contribution in [3.05, 3.63) is 24.3 Å². The Morgan fingerprint density at radius 2 is 1.89 bits per heavy atom. The third kappa shape index (κ3) is 4.74. The summed E-state index contributed by atoms with van der Waals surface area (Å²) in [6.07, 6.45) is 3.52. The molecule has 2 fully saturated rings. The normalized spacial score (nSPS) is 23.7. The average Bonchev–Trinajstić information content (AvgIpc) is 2.70. The Morgan fingerprint density at radius 3 is 2.52 bits per heavy atom.